The second kappa shape index (κ2) is 3.08. The fraction of sp³-hybridized carbons (Fsp3) is 0.800. The van der Waals surface area contributed by atoms with Crippen molar-refractivity contribution in [2.24, 2.45) is 5.73 Å². The van der Waals surface area contributed by atoms with Crippen LogP contribution in [0.1, 0.15) is 0 Å². The molecule has 52 valence electrons. The van der Waals surface area contributed by atoms with Gasteiger partial charge in [-0.15, -0.1) is 0 Å². The third-order valence-electron chi connectivity index (χ3n) is 1.27. The third-order valence-corrected chi connectivity index (χ3v) is 2.33. The smallest absolute Gasteiger partial charge is 0.235 e. The maximum absolute atomic E-state index is 10.5. The van der Waals surface area contributed by atoms with E-state index < -0.39 is 0 Å². The van der Waals surface area contributed by atoms with Gasteiger partial charge in [0.05, 0.1) is 6.04 Å². The van der Waals surface area contributed by atoms with Crippen molar-refractivity contribution in [1.29, 1.82) is 0 Å². The quantitative estimate of drug-likeness (QED) is 0.508. The normalized spacial score (nSPS) is 27.8. The lowest BCUT2D eigenvalue weighted by Gasteiger charge is -2.19. The van der Waals surface area contributed by atoms with Crippen LogP contribution in [0.2, 0.25) is 0 Å². The summed E-state index contributed by atoms with van der Waals surface area (Å²) in [5, 5.41) is 3.02. The molecule has 1 heterocycles. The Labute approximate surface area is 58.4 Å². The third kappa shape index (κ3) is 1.87. The van der Waals surface area contributed by atoms with Gasteiger partial charge in [0.15, 0.2) is 0 Å². The number of carbonyl (C=O) groups is 1. The summed E-state index contributed by atoms with van der Waals surface area (Å²) in [6.07, 6.45) is 0. The Kier molecular flexibility index (Phi) is 2.36. The van der Waals surface area contributed by atoms with Gasteiger partial charge in [-0.1, -0.05) is 0 Å². The Balaban J connectivity index is 2.31. The van der Waals surface area contributed by atoms with Gasteiger partial charge in [0.25, 0.3) is 0 Å². The van der Waals surface area contributed by atoms with Crippen LogP contribution < -0.4 is 11.1 Å². The van der Waals surface area contributed by atoms with Gasteiger partial charge >= 0.3 is 0 Å². The molecule has 0 aromatic carbocycles. The van der Waals surface area contributed by atoms with Crippen LogP contribution in [0, 0.1) is 0 Å². The molecule has 3 N–H and O–H groups in total. The lowest BCUT2D eigenvalue weighted by Crippen LogP contribution is -2.46. The van der Waals surface area contributed by atoms with Gasteiger partial charge in [-0.05, 0) is 0 Å². The molecule has 4 heteroatoms. The minimum absolute atomic E-state index is 0.0938. The van der Waals surface area contributed by atoms with Crippen molar-refractivity contribution >= 4 is 17.7 Å². The van der Waals surface area contributed by atoms with Crippen molar-refractivity contribution in [3.05, 3.63) is 0 Å². The largest absolute Gasteiger partial charge is 0.368 e. The monoisotopic (exact) mass is 146 g/mol. The predicted molar refractivity (Wildman–Crippen MR) is 38.3 cm³/mol. The highest BCUT2D eigenvalue weighted by atomic mass is 32.2. The number of nitrogens with two attached hydrogens (primary N) is 1. The van der Waals surface area contributed by atoms with Crippen molar-refractivity contribution in [3.63, 3.8) is 0 Å². The second-order valence-corrected chi connectivity index (χ2v) is 3.13. The van der Waals surface area contributed by atoms with Crippen molar-refractivity contribution in [1.82, 2.24) is 5.32 Å². The van der Waals surface area contributed by atoms with E-state index in [0.717, 1.165) is 18.1 Å². The molecule has 0 aromatic rings. The molecule has 1 aliphatic heterocycles. The standard InChI is InChI=1S/C5H10N2OS/c6-5(8)4-3-9-2-1-7-4/h4,7H,1-3H2,(H2,6,8)/t4-/m0/s1. The highest BCUT2D eigenvalue weighted by molar-refractivity contribution is 7.99. The summed E-state index contributed by atoms with van der Waals surface area (Å²) in [5.41, 5.74) is 5.05. The average molecular weight is 146 g/mol. The van der Waals surface area contributed by atoms with Gasteiger partial charge in [-0.2, -0.15) is 11.8 Å². The molecule has 1 saturated heterocycles. The molecular weight excluding hydrogens is 136 g/mol. The molecule has 0 spiro atoms. The number of hydrogen-bond donors (Lipinski definition) is 2. The Bertz CT molecular complexity index is 112. The van der Waals surface area contributed by atoms with Crippen LogP contribution in [0.4, 0.5) is 0 Å². The minimum Gasteiger partial charge on any atom is -0.368 e. The van der Waals surface area contributed by atoms with Gasteiger partial charge in [0.1, 0.15) is 0 Å². The van der Waals surface area contributed by atoms with Gasteiger partial charge in [0.2, 0.25) is 5.91 Å². The van der Waals surface area contributed by atoms with Crippen molar-refractivity contribution in [3.8, 4) is 0 Å². The van der Waals surface area contributed by atoms with Crippen LogP contribution in [0.5, 0.6) is 0 Å². The topological polar surface area (TPSA) is 55.1 Å². The lowest BCUT2D eigenvalue weighted by molar-refractivity contribution is -0.119. The van der Waals surface area contributed by atoms with E-state index in [0.29, 0.717) is 0 Å². The SMILES string of the molecule is NC(=O)[C@@H]1CSCCN1. The molecular formula is C5H10N2OS. The van der Waals surface area contributed by atoms with Crippen LogP contribution in [0.3, 0.4) is 0 Å². The Morgan fingerprint density at radius 2 is 2.56 bits per heavy atom. The highest BCUT2D eigenvalue weighted by Gasteiger charge is 2.16. The number of amides is 1. The molecule has 1 amide bonds. The molecule has 3 nitrogen and oxygen atoms in total. The molecule has 9 heavy (non-hydrogen) atoms. The zero-order valence-electron chi connectivity index (χ0n) is 5.09. The van der Waals surface area contributed by atoms with Crippen LogP contribution in [-0.2, 0) is 4.79 Å². The molecule has 1 rings (SSSR count). The maximum atomic E-state index is 10.5. The zero-order chi connectivity index (χ0) is 6.69. The van der Waals surface area contributed by atoms with Crippen LogP contribution >= 0.6 is 11.8 Å². The summed E-state index contributed by atoms with van der Waals surface area (Å²) in [4.78, 5) is 10.5. The highest BCUT2D eigenvalue weighted by Crippen LogP contribution is 2.06. The molecule has 0 aromatic heterocycles. The predicted octanol–water partition coefficient (Wildman–Crippen LogP) is -0.823. The van der Waals surface area contributed by atoms with Gasteiger partial charge in [-0.3, -0.25) is 4.79 Å². The van der Waals surface area contributed by atoms with Crippen molar-refractivity contribution < 1.29 is 4.79 Å². The molecule has 0 aliphatic carbocycles. The molecule has 0 unspecified atom stereocenters. The first-order chi connectivity index (χ1) is 4.30. The molecule has 1 atom stereocenters. The first-order valence-electron chi connectivity index (χ1n) is 2.91. The fourth-order valence-electron chi connectivity index (χ4n) is 0.748. The molecule has 0 bridgehead atoms. The first-order valence-corrected chi connectivity index (χ1v) is 4.06. The number of primary amides is 1. The van der Waals surface area contributed by atoms with E-state index in [4.69, 9.17) is 5.73 Å². The number of nitrogens with one attached hydrogen (secondary N) is 1. The van der Waals surface area contributed by atoms with E-state index in [1.807, 2.05) is 0 Å². The molecule has 1 fully saturated rings. The van der Waals surface area contributed by atoms with E-state index in [-0.39, 0.29) is 11.9 Å². The Morgan fingerprint density at radius 1 is 1.78 bits per heavy atom. The van der Waals surface area contributed by atoms with Crippen LogP contribution in [0.15, 0.2) is 0 Å². The van der Waals surface area contributed by atoms with Crippen molar-refractivity contribution in [2.75, 3.05) is 18.1 Å². The minimum atomic E-state index is -0.234. The first kappa shape index (κ1) is 6.89. The van der Waals surface area contributed by atoms with Gasteiger partial charge in [0, 0.05) is 18.1 Å². The Hall–Kier alpha value is -0.220. The Morgan fingerprint density at radius 3 is 2.89 bits per heavy atom. The summed E-state index contributed by atoms with van der Waals surface area (Å²) in [6.45, 7) is 0.901. The average Bonchev–Trinajstić information content (AvgIpc) is 1.90. The fourth-order valence-corrected chi connectivity index (χ4v) is 1.69. The summed E-state index contributed by atoms with van der Waals surface area (Å²) in [6, 6.07) is -0.0938. The van der Waals surface area contributed by atoms with Crippen LogP contribution in [-0.4, -0.2) is 30.0 Å². The van der Waals surface area contributed by atoms with E-state index in [9.17, 15) is 4.79 Å². The summed E-state index contributed by atoms with van der Waals surface area (Å²) < 4.78 is 0. The second-order valence-electron chi connectivity index (χ2n) is 1.98. The maximum Gasteiger partial charge on any atom is 0.235 e. The molecule has 0 saturated carbocycles. The summed E-state index contributed by atoms with van der Waals surface area (Å²) >= 11 is 1.77. The number of hydrogen-bond acceptors (Lipinski definition) is 3. The van der Waals surface area contributed by atoms with E-state index in [1.54, 1.807) is 11.8 Å². The lowest BCUT2D eigenvalue weighted by atomic mass is 10.3. The number of thioether (sulfide) groups is 1. The van der Waals surface area contributed by atoms with E-state index >= 15 is 0 Å². The molecule has 1 aliphatic rings. The van der Waals surface area contributed by atoms with Crippen molar-refractivity contribution in [2.45, 2.75) is 6.04 Å². The molecule has 0 radical (unpaired) electrons. The van der Waals surface area contributed by atoms with Gasteiger partial charge < -0.3 is 11.1 Å². The number of carbonyl (C=O) groups excluding carboxylic acids is 1. The number of rotatable bonds is 1. The van der Waals surface area contributed by atoms with Crippen LogP contribution in [0.25, 0.3) is 0 Å². The van der Waals surface area contributed by atoms with Gasteiger partial charge in [-0.25, -0.2) is 0 Å². The van der Waals surface area contributed by atoms with E-state index in [2.05, 4.69) is 5.32 Å². The van der Waals surface area contributed by atoms with E-state index in [1.165, 1.54) is 0 Å². The zero-order valence-corrected chi connectivity index (χ0v) is 5.91. The summed E-state index contributed by atoms with van der Waals surface area (Å²) in [7, 11) is 0. The summed E-state index contributed by atoms with van der Waals surface area (Å²) in [5.74, 6) is 1.68.